The number of nitrogens with zero attached hydrogens (tertiary/aromatic N) is 4. The van der Waals surface area contributed by atoms with Gasteiger partial charge in [-0.2, -0.15) is 0 Å². The topological polar surface area (TPSA) is 81.9 Å². The largest absolute Gasteiger partial charge is 0.497 e. The number of methoxy groups -OCH3 is 1. The zero-order valence-corrected chi connectivity index (χ0v) is 23.5. The highest BCUT2D eigenvalue weighted by Crippen LogP contribution is 2.31. The molecular weight excluding hydrogens is 561 g/mol. The quantitative estimate of drug-likeness (QED) is 0.192. The molecule has 0 bridgehead atoms. The average Bonchev–Trinajstić information content (AvgIpc) is 3.57. The van der Waals surface area contributed by atoms with Crippen LogP contribution >= 0.6 is 46.3 Å². The Morgan fingerprint density at radius 2 is 1.76 bits per heavy atom. The van der Waals surface area contributed by atoms with Gasteiger partial charge < -0.3 is 10.1 Å². The molecule has 0 unspecified atom stereocenters. The van der Waals surface area contributed by atoms with Crippen molar-refractivity contribution in [3.63, 3.8) is 0 Å². The highest BCUT2D eigenvalue weighted by molar-refractivity contribution is 7.99. The van der Waals surface area contributed by atoms with Gasteiger partial charge in [0.2, 0.25) is 5.91 Å². The number of thiazole rings is 1. The van der Waals surface area contributed by atoms with E-state index in [-0.39, 0.29) is 11.7 Å². The van der Waals surface area contributed by atoms with Gasteiger partial charge in [-0.3, -0.25) is 9.36 Å². The molecule has 11 heteroatoms. The molecule has 3 aromatic carbocycles. The summed E-state index contributed by atoms with van der Waals surface area (Å²) < 4.78 is 7.09. The molecule has 5 aromatic rings. The number of rotatable bonds is 8. The molecule has 1 amide bonds. The molecule has 0 radical (unpaired) electrons. The van der Waals surface area contributed by atoms with Crippen molar-refractivity contribution in [1.82, 2.24) is 19.7 Å². The molecule has 0 spiro atoms. The van der Waals surface area contributed by atoms with Crippen molar-refractivity contribution in [3.8, 4) is 34.1 Å². The Balaban J connectivity index is 1.34. The zero-order valence-electron chi connectivity index (χ0n) is 20.3. The van der Waals surface area contributed by atoms with Crippen LogP contribution in [0, 0.1) is 6.92 Å². The number of anilines is 1. The molecule has 0 aliphatic rings. The van der Waals surface area contributed by atoms with Crippen LogP contribution in [0.4, 0.5) is 5.13 Å². The third-order valence-electron chi connectivity index (χ3n) is 5.62. The molecule has 0 aliphatic carbocycles. The fourth-order valence-corrected chi connectivity index (χ4v) is 5.40. The highest BCUT2D eigenvalue weighted by atomic mass is 35.5. The van der Waals surface area contributed by atoms with Crippen LogP contribution < -0.4 is 10.1 Å². The number of hydrogen-bond donors (Lipinski definition) is 1. The van der Waals surface area contributed by atoms with Gasteiger partial charge in [-0.25, -0.2) is 4.98 Å². The van der Waals surface area contributed by atoms with E-state index in [9.17, 15) is 4.79 Å². The second-order valence-electron chi connectivity index (χ2n) is 8.19. The van der Waals surface area contributed by atoms with E-state index < -0.39 is 0 Å². The molecule has 5 rings (SSSR count). The van der Waals surface area contributed by atoms with Crippen LogP contribution in [-0.2, 0) is 4.79 Å². The first kappa shape index (κ1) is 26.2. The van der Waals surface area contributed by atoms with E-state index in [0.717, 1.165) is 33.8 Å². The second kappa shape index (κ2) is 11.6. The van der Waals surface area contributed by atoms with Gasteiger partial charge >= 0.3 is 0 Å². The standard InChI is InChI=1S/C27H21Cl2N5O2S2/c1-16-3-10-20(13-22(16)29)34-25(18-4-8-19(28)9-5-18)32-33-27(34)38-15-24(35)31-26-30-23(14-37-26)17-6-11-21(36-2)12-7-17/h3-14H,15H2,1-2H3,(H,30,31,35). The third-order valence-corrected chi connectivity index (χ3v) is 7.96. The second-order valence-corrected chi connectivity index (χ2v) is 10.8. The van der Waals surface area contributed by atoms with Crippen LogP contribution in [0.5, 0.6) is 5.75 Å². The first-order valence-electron chi connectivity index (χ1n) is 11.4. The van der Waals surface area contributed by atoms with Gasteiger partial charge in [0.15, 0.2) is 16.1 Å². The molecule has 0 fully saturated rings. The summed E-state index contributed by atoms with van der Waals surface area (Å²) >= 11 is 15.2. The number of amides is 1. The Morgan fingerprint density at radius 3 is 2.47 bits per heavy atom. The predicted molar refractivity (Wildman–Crippen MR) is 155 cm³/mol. The molecule has 38 heavy (non-hydrogen) atoms. The summed E-state index contributed by atoms with van der Waals surface area (Å²) in [6, 6.07) is 20.7. The maximum atomic E-state index is 12.8. The van der Waals surface area contributed by atoms with Gasteiger partial charge in [0.25, 0.3) is 0 Å². The van der Waals surface area contributed by atoms with E-state index in [1.54, 1.807) is 19.2 Å². The van der Waals surface area contributed by atoms with E-state index in [0.29, 0.717) is 26.2 Å². The SMILES string of the molecule is COc1ccc(-c2csc(NC(=O)CSc3nnc(-c4ccc(Cl)cc4)n3-c3ccc(C)c(Cl)c3)n2)cc1. The number of thioether (sulfide) groups is 1. The molecule has 0 saturated heterocycles. The normalized spacial score (nSPS) is 10.9. The lowest BCUT2D eigenvalue weighted by atomic mass is 10.2. The summed E-state index contributed by atoms with van der Waals surface area (Å²) in [5.41, 5.74) is 4.31. The van der Waals surface area contributed by atoms with Crippen LogP contribution in [0.25, 0.3) is 28.3 Å². The molecule has 7 nitrogen and oxygen atoms in total. The van der Waals surface area contributed by atoms with Gasteiger partial charge in [-0.05, 0) is 73.2 Å². The molecular formula is C27H21Cl2N5O2S2. The maximum Gasteiger partial charge on any atom is 0.236 e. The number of hydrogen-bond acceptors (Lipinski definition) is 7. The number of aromatic nitrogens is 4. The van der Waals surface area contributed by atoms with Crippen molar-refractivity contribution in [3.05, 3.63) is 87.7 Å². The van der Waals surface area contributed by atoms with E-state index in [1.165, 1.54) is 23.1 Å². The Labute approximate surface area is 237 Å². The van der Waals surface area contributed by atoms with Gasteiger partial charge in [0, 0.05) is 26.6 Å². The van der Waals surface area contributed by atoms with Gasteiger partial charge in [-0.1, -0.05) is 41.0 Å². The van der Waals surface area contributed by atoms with Crippen LogP contribution in [0.1, 0.15) is 5.56 Å². The molecule has 1 N–H and O–H groups in total. The fourth-order valence-electron chi connectivity index (χ4n) is 3.61. The van der Waals surface area contributed by atoms with Gasteiger partial charge in [-0.15, -0.1) is 21.5 Å². The minimum absolute atomic E-state index is 0.121. The van der Waals surface area contributed by atoms with E-state index in [4.69, 9.17) is 27.9 Å². The van der Waals surface area contributed by atoms with Crippen molar-refractivity contribution < 1.29 is 9.53 Å². The Bertz CT molecular complexity index is 1580. The van der Waals surface area contributed by atoms with Crippen molar-refractivity contribution >= 4 is 57.3 Å². The first-order chi connectivity index (χ1) is 18.4. The lowest BCUT2D eigenvalue weighted by Gasteiger charge is -2.12. The van der Waals surface area contributed by atoms with Crippen molar-refractivity contribution in [1.29, 1.82) is 0 Å². The van der Waals surface area contributed by atoms with Crippen LogP contribution in [0.3, 0.4) is 0 Å². The zero-order chi connectivity index (χ0) is 26.6. The third kappa shape index (κ3) is 5.86. The summed E-state index contributed by atoms with van der Waals surface area (Å²) in [7, 11) is 1.63. The number of benzene rings is 3. The van der Waals surface area contributed by atoms with Crippen molar-refractivity contribution in [2.45, 2.75) is 12.1 Å². The lowest BCUT2D eigenvalue weighted by Crippen LogP contribution is -2.14. The summed E-state index contributed by atoms with van der Waals surface area (Å²) in [6.45, 7) is 1.94. The molecule has 2 aromatic heterocycles. The fraction of sp³-hybridized carbons (Fsp3) is 0.111. The number of nitrogens with one attached hydrogen (secondary N) is 1. The number of carbonyl (C=O) groups is 1. The maximum absolute atomic E-state index is 12.8. The van der Waals surface area contributed by atoms with Gasteiger partial charge in [0.1, 0.15) is 5.75 Å². The summed E-state index contributed by atoms with van der Waals surface area (Å²) in [6.07, 6.45) is 0. The van der Waals surface area contributed by atoms with E-state index in [1.807, 2.05) is 71.5 Å². The Kier molecular flexibility index (Phi) is 7.99. The minimum atomic E-state index is -0.199. The Hall–Kier alpha value is -3.37. The number of aryl methyl sites for hydroxylation is 1. The van der Waals surface area contributed by atoms with Crippen LogP contribution in [0.15, 0.2) is 77.3 Å². The van der Waals surface area contributed by atoms with E-state index >= 15 is 0 Å². The van der Waals surface area contributed by atoms with E-state index in [2.05, 4.69) is 20.5 Å². The first-order valence-corrected chi connectivity index (χ1v) is 14.0. The summed E-state index contributed by atoms with van der Waals surface area (Å²) in [4.78, 5) is 17.3. The molecule has 0 atom stereocenters. The van der Waals surface area contributed by atoms with Gasteiger partial charge in [0.05, 0.1) is 24.2 Å². The smallest absolute Gasteiger partial charge is 0.236 e. The number of ether oxygens (including phenoxy) is 1. The van der Waals surface area contributed by atoms with Crippen LogP contribution in [-0.4, -0.2) is 38.5 Å². The molecule has 0 saturated carbocycles. The monoisotopic (exact) mass is 581 g/mol. The lowest BCUT2D eigenvalue weighted by molar-refractivity contribution is -0.113. The summed E-state index contributed by atoms with van der Waals surface area (Å²) in [5.74, 6) is 1.31. The number of halogens is 2. The summed E-state index contributed by atoms with van der Waals surface area (Å²) in [5, 5.41) is 15.9. The Morgan fingerprint density at radius 1 is 1.03 bits per heavy atom. The number of carbonyl (C=O) groups excluding carboxylic acids is 1. The average molecular weight is 583 g/mol. The minimum Gasteiger partial charge on any atom is -0.497 e. The van der Waals surface area contributed by atoms with Crippen molar-refractivity contribution in [2.24, 2.45) is 0 Å². The molecule has 2 heterocycles. The highest BCUT2D eigenvalue weighted by Gasteiger charge is 2.18. The molecule has 0 aliphatic heterocycles. The van der Waals surface area contributed by atoms with Crippen molar-refractivity contribution in [2.75, 3.05) is 18.2 Å². The predicted octanol–water partition coefficient (Wildman–Crippen LogP) is 7.41. The van der Waals surface area contributed by atoms with Crippen LogP contribution in [0.2, 0.25) is 10.0 Å². The molecule has 192 valence electrons.